The summed E-state index contributed by atoms with van der Waals surface area (Å²) in [6.07, 6.45) is 1.18. The zero-order valence-corrected chi connectivity index (χ0v) is 12.2. The molecule has 0 spiro atoms. The number of hydrogen-bond donors (Lipinski definition) is 1. The van der Waals surface area contributed by atoms with Gasteiger partial charge < -0.3 is 15.1 Å². The molecule has 4 nitrogen and oxygen atoms in total. The van der Waals surface area contributed by atoms with Crippen molar-refractivity contribution in [1.29, 1.82) is 0 Å². The van der Waals surface area contributed by atoms with Crippen LogP contribution in [0.2, 0.25) is 0 Å². The van der Waals surface area contributed by atoms with Crippen molar-refractivity contribution in [3.05, 3.63) is 23.2 Å². The maximum Gasteiger partial charge on any atom is 0.120 e. The molecule has 0 atom stereocenters. The number of rotatable bonds is 8. The van der Waals surface area contributed by atoms with Crippen molar-refractivity contribution in [1.82, 2.24) is 9.80 Å². The second-order valence-corrected chi connectivity index (χ2v) is 5.05. The summed E-state index contributed by atoms with van der Waals surface area (Å²) >= 11 is 0. The molecule has 0 fully saturated rings. The Morgan fingerprint density at radius 1 is 1.28 bits per heavy atom. The first-order valence-electron chi connectivity index (χ1n) is 6.72. The molecule has 0 unspecified atom stereocenters. The van der Waals surface area contributed by atoms with Gasteiger partial charge in [0.2, 0.25) is 0 Å². The number of nitrogens with two attached hydrogens (primary N) is 1. The van der Waals surface area contributed by atoms with E-state index in [4.69, 9.17) is 10.2 Å². The van der Waals surface area contributed by atoms with Gasteiger partial charge in [-0.3, -0.25) is 4.90 Å². The molecule has 18 heavy (non-hydrogen) atoms. The third-order valence-electron chi connectivity index (χ3n) is 3.16. The summed E-state index contributed by atoms with van der Waals surface area (Å²) in [4.78, 5) is 4.62. The molecule has 0 saturated carbocycles. The zero-order valence-electron chi connectivity index (χ0n) is 12.2. The third-order valence-corrected chi connectivity index (χ3v) is 3.16. The van der Waals surface area contributed by atoms with Crippen molar-refractivity contribution >= 4 is 0 Å². The molecule has 0 aromatic carbocycles. The molecule has 0 aliphatic rings. The van der Waals surface area contributed by atoms with Gasteiger partial charge in [0, 0.05) is 0 Å². The Morgan fingerprint density at radius 2 is 2.00 bits per heavy atom. The van der Waals surface area contributed by atoms with Crippen LogP contribution in [0.15, 0.2) is 10.5 Å². The van der Waals surface area contributed by atoms with Gasteiger partial charge in [0.1, 0.15) is 11.5 Å². The zero-order chi connectivity index (χ0) is 13.5. The lowest BCUT2D eigenvalue weighted by Crippen LogP contribution is -2.26. The Labute approximate surface area is 111 Å². The lowest BCUT2D eigenvalue weighted by molar-refractivity contribution is 0.238. The minimum absolute atomic E-state index is 0.485. The third kappa shape index (κ3) is 4.80. The standard InChI is InChI=1S/C14H27N3O/c1-5-17(8-6-7-16(3)4)11-13-9-12(2)14(10-15)18-13/h9H,5-8,10-11,15H2,1-4H3. The summed E-state index contributed by atoms with van der Waals surface area (Å²) in [5.74, 6) is 1.94. The molecule has 2 N–H and O–H groups in total. The molecule has 0 amide bonds. The lowest BCUT2D eigenvalue weighted by atomic mass is 10.2. The molecule has 0 bridgehead atoms. The van der Waals surface area contributed by atoms with Crippen molar-refractivity contribution in [2.45, 2.75) is 33.4 Å². The maximum absolute atomic E-state index is 5.75. The first-order valence-corrected chi connectivity index (χ1v) is 6.72. The van der Waals surface area contributed by atoms with Gasteiger partial charge in [0.25, 0.3) is 0 Å². The SMILES string of the molecule is CCN(CCCN(C)C)Cc1cc(C)c(CN)o1. The summed E-state index contributed by atoms with van der Waals surface area (Å²) in [5, 5.41) is 0. The van der Waals surface area contributed by atoms with Crippen LogP contribution in [0.5, 0.6) is 0 Å². The molecule has 1 aromatic heterocycles. The Morgan fingerprint density at radius 3 is 2.50 bits per heavy atom. The molecular weight excluding hydrogens is 226 g/mol. The Kier molecular flexibility index (Phi) is 6.39. The van der Waals surface area contributed by atoms with Crippen LogP contribution in [-0.2, 0) is 13.1 Å². The molecule has 0 aliphatic carbocycles. The predicted molar refractivity (Wildman–Crippen MR) is 75.5 cm³/mol. The minimum Gasteiger partial charge on any atom is -0.463 e. The first-order chi connectivity index (χ1) is 8.56. The predicted octanol–water partition coefficient (Wildman–Crippen LogP) is 1.82. The fraction of sp³-hybridized carbons (Fsp3) is 0.714. The van der Waals surface area contributed by atoms with Gasteiger partial charge in [-0.1, -0.05) is 6.92 Å². The lowest BCUT2D eigenvalue weighted by Gasteiger charge is -2.20. The summed E-state index contributed by atoms with van der Waals surface area (Å²) < 4.78 is 5.75. The van der Waals surface area contributed by atoms with Crippen molar-refractivity contribution in [2.75, 3.05) is 33.7 Å². The molecule has 0 radical (unpaired) electrons. The molecular formula is C14H27N3O. The van der Waals surface area contributed by atoms with Gasteiger partial charge in [-0.05, 0) is 58.7 Å². The van der Waals surface area contributed by atoms with Gasteiger partial charge in [0.15, 0.2) is 0 Å². The molecule has 1 heterocycles. The van der Waals surface area contributed by atoms with Gasteiger partial charge in [-0.15, -0.1) is 0 Å². The van der Waals surface area contributed by atoms with Crippen LogP contribution >= 0.6 is 0 Å². The van der Waals surface area contributed by atoms with E-state index in [0.717, 1.165) is 43.3 Å². The second kappa shape index (κ2) is 7.56. The van der Waals surface area contributed by atoms with E-state index in [1.165, 1.54) is 6.42 Å². The van der Waals surface area contributed by atoms with E-state index in [1.54, 1.807) is 0 Å². The largest absolute Gasteiger partial charge is 0.463 e. The average molecular weight is 253 g/mol. The Bertz CT molecular complexity index is 347. The highest BCUT2D eigenvalue weighted by molar-refractivity contribution is 5.19. The van der Waals surface area contributed by atoms with E-state index < -0.39 is 0 Å². The van der Waals surface area contributed by atoms with E-state index in [1.807, 2.05) is 0 Å². The van der Waals surface area contributed by atoms with E-state index in [0.29, 0.717) is 6.54 Å². The molecule has 0 aliphatic heterocycles. The van der Waals surface area contributed by atoms with E-state index in [-0.39, 0.29) is 0 Å². The van der Waals surface area contributed by atoms with Gasteiger partial charge >= 0.3 is 0 Å². The quantitative estimate of drug-likeness (QED) is 0.767. The van der Waals surface area contributed by atoms with E-state index in [2.05, 4.69) is 43.8 Å². The Balaban J connectivity index is 2.46. The molecule has 1 rings (SSSR count). The fourth-order valence-corrected chi connectivity index (χ4v) is 2.05. The summed E-state index contributed by atoms with van der Waals surface area (Å²) in [6.45, 7) is 8.88. The summed E-state index contributed by atoms with van der Waals surface area (Å²) in [6, 6.07) is 2.11. The summed E-state index contributed by atoms with van der Waals surface area (Å²) in [5.41, 5.74) is 6.79. The first kappa shape index (κ1) is 15.2. The number of aryl methyl sites for hydroxylation is 1. The number of furan rings is 1. The van der Waals surface area contributed by atoms with Crippen LogP contribution in [0.3, 0.4) is 0 Å². The van der Waals surface area contributed by atoms with Gasteiger partial charge in [-0.2, -0.15) is 0 Å². The van der Waals surface area contributed by atoms with E-state index >= 15 is 0 Å². The molecule has 4 heteroatoms. The molecule has 0 saturated heterocycles. The van der Waals surface area contributed by atoms with Crippen LogP contribution in [0.1, 0.15) is 30.4 Å². The highest BCUT2D eigenvalue weighted by Gasteiger charge is 2.10. The topological polar surface area (TPSA) is 45.6 Å². The smallest absolute Gasteiger partial charge is 0.120 e. The highest BCUT2D eigenvalue weighted by Crippen LogP contribution is 2.15. The van der Waals surface area contributed by atoms with Crippen molar-refractivity contribution in [3.63, 3.8) is 0 Å². The molecule has 1 aromatic rings. The normalized spacial score (nSPS) is 11.7. The average Bonchev–Trinajstić information content (AvgIpc) is 2.67. The fourth-order valence-electron chi connectivity index (χ4n) is 2.05. The Hall–Kier alpha value is -0.840. The van der Waals surface area contributed by atoms with Crippen LogP contribution in [0, 0.1) is 6.92 Å². The minimum atomic E-state index is 0.485. The monoisotopic (exact) mass is 253 g/mol. The molecule has 104 valence electrons. The van der Waals surface area contributed by atoms with Crippen molar-refractivity contribution < 1.29 is 4.42 Å². The van der Waals surface area contributed by atoms with Crippen LogP contribution < -0.4 is 5.73 Å². The highest BCUT2D eigenvalue weighted by atomic mass is 16.3. The van der Waals surface area contributed by atoms with Crippen molar-refractivity contribution in [2.24, 2.45) is 5.73 Å². The van der Waals surface area contributed by atoms with Crippen LogP contribution in [-0.4, -0.2) is 43.5 Å². The number of hydrogen-bond acceptors (Lipinski definition) is 4. The number of nitrogens with zero attached hydrogens (tertiary/aromatic N) is 2. The van der Waals surface area contributed by atoms with Gasteiger partial charge in [-0.25, -0.2) is 0 Å². The van der Waals surface area contributed by atoms with Crippen LogP contribution in [0.4, 0.5) is 0 Å². The van der Waals surface area contributed by atoms with Gasteiger partial charge in [0.05, 0.1) is 13.1 Å². The maximum atomic E-state index is 5.75. The van der Waals surface area contributed by atoms with Crippen LogP contribution in [0.25, 0.3) is 0 Å². The second-order valence-electron chi connectivity index (χ2n) is 5.05. The van der Waals surface area contributed by atoms with E-state index in [9.17, 15) is 0 Å². The van der Waals surface area contributed by atoms with Crippen molar-refractivity contribution in [3.8, 4) is 0 Å². The summed E-state index contributed by atoms with van der Waals surface area (Å²) in [7, 11) is 4.22.